The second-order valence-electron chi connectivity index (χ2n) is 13.3. The highest BCUT2D eigenvalue weighted by atomic mass is 16.2. The van der Waals surface area contributed by atoms with E-state index in [1.807, 2.05) is 34.9 Å². The van der Waals surface area contributed by atoms with Crippen LogP contribution in [0, 0.1) is 11.3 Å². The fourth-order valence-corrected chi connectivity index (χ4v) is 6.52. The van der Waals surface area contributed by atoms with Gasteiger partial charge in [-0.15, -0.1) is 0 Å². The second-order valence-corrected chi connectivity index (χ2v) is 13.3. The summed E-state index contributed by atoms with van der Waals surface area (Å²) in [4.78, 5) is 60.4. The van der Waals surface area contributed by atoms with Crippen molar-refractivity contribution in [2.45, 2.75) is 110 Å². The van der Waals surface area contributed by atoms with E-state index in [-0.39, 0.29) is 41.8 Å². The molecule has 0 aromatic heterocycles. The molecule has 222 valence electrons. The second kappa shape index (κ2) is 13.0. The first-order chi connectivity index (χ1) is 18.2. The van der Waals surface area contributed by atoms with Gasteiger partial charge in [0.15, 0.2) is 0 Å². The first-order valence-electron chi connectivity index (χ1n) is 14.8. The Hall–Kier alpha value is -2.20. The number of amides is 4. The number of nitrogens with zero attached hydrogens (tertiary/aromatic N) is 4. The molecular formula is C29H52N6O4. The van der Waals surface area contributed by atoms with Crippen LogP contribution in [0.3, 0.4) is 0 Å². The molecule has 3 heterocycles. The summed E-state index contributed by atoms with van der Waals surface area (Å²) >= 11 is 0. The topological polar surface area (TPSA) is 119 Å². The van der Waals surface area contributed by atoms with Gasteiger partial charge in [0.1, 0.15) is 12.1 Å². The molecule has 2 unspecified atom stereocenters. The van der Waals surface area contributed by atoms with Crippen LogP contribution in [0.25, 0.3) is 0 Å². The van der Waals surface area contributed by atoms with Crippen LogP contribution in [-0.4, -0.2) is 114 Å². The number of primary amides is 1. The third kappa shape index (κ3) is 7.31. The molecule has 0 aliphatic carbocycles. The highest BCUT2D eigenvalue weighted by Crippen LogP contribution is 2.28. The molecule has 4 amide bonds. The number of piperidine rings is 1. The van der Waals surface area contributed by atoms with Gasteiger partial charge in [-0.3, -0.25) is 29.0 Å². The lowest BCUT2D eigenvalue weighted by atomic mass is 9.84. The summed E-state index contributed by atoms with van der Waals surface area (Å²) in [6.07, 6.45) is 5.93. The quantitative estimate of drug-likeness (QED) is 0.450. The van der Waals surface area contributed by atoms with Gasteiger partial charge in [-0.1, -0.05) is 41.0 Å². The minimum Gasteiger partial charge on any atom is -0.368 e. The first-order valence-corrected chi connectivity index (χ1v) is 14.8. The molecule has 3 saturated heterocycles. The van der Waals surface area contributed by atoms with Crippen molar-refractivity contribution in [3.8, 4) is 0 Å². The molecule has 39 heavy (non-hydrogen) atoms. The molecule has 3 aliphatic heterocycles. The molecule has 3 rings (SSSR count). The highest BCUT2D eigenvalue weighted by molar-refractivity contribution is 5.91. The van der Waals surface area contributed by atoms with Gasteiger partial charge in [-0.25, -0.2) is 0 Å². The van der Waals surface area contributed by atoms with Gasteiger partial charge in [-0.05, 0) is 70.0 Å². The van der Waals surface area contributed by atoms with Crippen LogP contribution in [0.15, 0.2) is 0 Å². The molecule has 0 saturated carbocycles. The van der Waals surface area contributed by atoms with E-state index in [0.29, 0.717) is 19.5 Å². The van der Waals surface area contributed by atoms with E-state index >= 15 is 0 Å². The number of carbonyl (C=O) groups is 4. The van der Waals surface area contributed by atoms with Crippen molar-refractivity contribution in [1.29, 1.82) is 0 Å². The van der Waals surface area contributed by atoms with E-state index in [1.165, 1.54) is 0 Å². The van der Waals surface area contributed by atoms with Gasteiger partial charge >= 0.3 is 0 Å². The summed E-state index contributed by atoms with van der Waals surface area (Å²) in [5.41, 5.74) is 5.11. The largest absolute Gasteiger partial charge is 0.368 e. The summed E-state index contributed by atoms with van der Waals surface area (Å²) in [5, 5.41) is 3.11. The van der Waals surface area contributed by atoms with Gasteiger partial charge in [0, 0.05) is 26.2 Å². The lowest BCUT2D eigenvalue weighted by molar-refractivity contribution is -0.144. The lowest BCUT2D eigenvalue weighted by Crippen LogP contribution is -2.61. The minimum atomic E-state index is -0.663. The molecule has 3 aliphatic rings. The Morgan fingerprint density at radius 2 is 1.54 bits per heavy atom. The molecule has 0 aromatic carbocycles. The van der Waals surface area contributed by atoms with Crippen molar-refractivity contribution in [1.82, 2.24) is 24.9 Å². The Balaban J connectivity index is 1.74. The van der Waals surface area contributed by atoms with Crippen molar-refractivity contribution in [2.75, 3.05) is 40.3 Å². The summed E-state index contributed by atoms with van der Waals surface area (Å²) in [5.74, 6) is -0.517. The van der Waals surface area contributed by atoms with Gasteiger partial charge in [0.2, 0.25) is 23.6 Å². The Morgan fingerprint density at radius 1 is 0.923 bits per heavy atom. The average Bonchev–Trinajstić information content (AvgIpc) is 3.54. The minimum absolute atomic E-state index is 0.0262. The fraction of sp³-hybridized carbons (Fsp3) is 0.862. The Kier molecular flexibility index (Phi) is 10.4. The Labute approximate surface area is 235 Å². The average molecular weight is 549 g/mol. The third-order valence-corrected chi connectivity index (χ3v) is 9.02. The van der Waals surface area contributed by atoms with Gasteiger partial charge in [0.25, 0.3) is 0 Å². The number of hydrogen-bond donors (Lipinski definition) is 2. The van der Waals surface area contributed by atoms with E-state index in [4.69, 9.17) is 5.73 Å². The summed E-state index contributed by atoms with van der Waals surface area (Å²) in [7, 11) is 3.79. The zero-order valence-corrected chi connectivity index (χ0v) is 25.2. The molecular weight excluding hydrogens is 496 g/mol. The standard InChI is InChI=1S/C29H52N6O4/c1-19(2)23(18-34-16-10-14-22(34)27(38)35-17-11-13-20(35)25(30)36)33(7)28(39)24(29(3,4)5)31-26(37)21-12-8-9-15-32(21)6/h19-24H,8-18H2,1-7H3,(H2,30,36)(H,31,37)/t20?,21-,22+,23-,24?/m1/s1. The maximum Gasteiger partial charge on any atom is 0.245 e. The van der Waals surface area contributed by atoms with Crippen molar-refractivity contribution < 1.29 is 19.2 Å². The SMILES string of the molecule is CC(C)[C@@H](CN1CCC[C@H]1C(=O)N1CCCC1C(N)=O)N(C)C(=O)C(NC(=O)[C@H]1CCCCN1C)C(C)(C)C. The van der Waals surface area contributed by atoms with Gasteiger partial charge < -0.3 is 20.9 Å². The molecule has 10 nitrogen and oxygen atoms in total. The van der Waals surface area contributed by atoms with E-state index in [1.54, 1.807) is 9.80 Å². The van der Waals surface area contributed by atoms with E-state index in [9.17, 15) is 19.2 Å². The summed E-state index contributed by atoms with van der Waals surface area (Å²) < 4.78 is 0. The molecule has 0 aromatic rings. The first kappa shape index (κ1) is 31.3. The van der Waals surface area contributed by atoms with Crippen LogP contribution < -0.4 is 11.1 Å². The fourth-order valence-electron chi connectivity index (χ4n) is 6.52. The number of likely N-dealkylation sites (N-methyl/N-ethyl adjacent to an activating group) is 2. The van der Waals surface area contributed by atoms with Crippen LogP contribution in [0.2, 0.25) is 0 Å². The predicted octanol–water partition coefficient (Wildman–Crippen LogP) is 1.43. The molecule has 0 bridgehead atoms. The lowest BCUT2D eigenvalue weighted by Gasteiger charge is -2.41. The summed E-state index contributed by atoms with van der Waals surface area (Å²) in [6, 6.07) is -1.85. The normalized spacial score (nSPS) is 26.5. The zero-order chi connectivity index (χ0) is 29.1. The number of nitrogens with one attached hydrogen (secondary N) is 1. The zero-order valence-electron chi connectivity index (χ0n) is 25.2. The molecule has 0 spiro atoms. The molecule has 5 atom stereocenters. The van der Waals surface area contributed by atoms with Crippen molar-refractivity contribution in [3.05, 3.63) is 0 Å². The Bertz CT molecular complexity index is 903. The van der Waals surface area contributed by atoms with Crippen molar-refractivity contribution >= 4 is 23.6 Å². The van der Waals surface area contributed by atoms with E-state index in [0.717, 1.165) is 51.6 Å². The van der Waals surface area contributed by atoms with Crippen LogP contribution in [0.4, 0.5) is 0 Å². The number of likely N-dealkylation sites (tertiary alicyclic amines) is 3. The number of carbonyl (C=O) groups excluding carboxylic acids is 4. The molecule has 3 fully saturated rings. The van der Waals surface area contributed by atoms with Crippen molar-refractivity contribution in [3.63, 3.8) is 0 Å². The maximum absolute atomic E-state index is 14.0. The number of nitrogens with two attached hydrogens (primary N) is 1. The number of hydrogen-bond acceptors (Lipinski definition) is 6. The smallest absolute Gasteiger partial charge is 0.245 e. The molecule has 10 heteroatoms. The molecule has 3 N–H and O–H groups in total. The van der Waals surface area contributed by atoms with Crippen LogP contribution in [-0.2, 0) is 19.2 Å². The van der Waals surface area contributed by atoms with E-state index < -0.39 is 23.4 Å². The highest BCUT2D eigenvalue weighted by Gasteiger charge is 2.43. The monoisotopic (exact) mass is 548 g/mol. The van der Waals surface area contributed by atoms with Gasteiger partial charge in [-0.2, -0.15) is 0 Å². The van der Waals surface area contributed by atoms with Gasteiger partial charge in [0.05, 0.1) is 12.1 Å². The van der Waals surface area contributed by atoms with Crippen molar-refractivity contribution in [2.24, 2.45) is 17.1 Å². The maximum atomic E-state index is 14.0. The van der Waals surface area contributed by atoms with Crippen LogP contribution in [0.5, 0.6) is 0 Å². The predicted molar refractivity (Wildman–Crippen MR) is 152 cm³/mol. The van der Waals surface area contributed by atoms with Crippen LogP contribution >= 0.6 is 0 Å². The summed E-state index contributed by atoms with van der Waals surface area (Å²) in [6.45, 7) is 12.9. The Morgan fingerprint density at radius 3 is 2.13 bits per heavy atom. The van der Waals surface area contributed by atoms with E-state index in [2.05, 4.69) is 29.0 Å². The third-order valence-electron chi connectivity index (χ3n) is 9.02. The number of rotatable bonds is 9. The van der Waals surface area contributed by atoms with Crippen LogP contribution in [0.1, 0.15) is 79.6 Å². The molecule has 0 radical (unpaired) electrons.